The lowest BCUT2D eigenvalue weighted by molar-refractivity contribution is -0.132. The van der Waals surface area contributed by atoms with Gasteiger partial charge in [0.05, 0.1) is 18.7 Å². The number of fused-ring (bicyclic) bond motifs is 1. The zero-order chi connectivity index (χ0) is 26.1. The van der Waals surface area contributed by atoms with Crippen molar-refractivity contribution in [2.75, 3.05) is 12.0 Å². The van der Waals surface area contributed by atoms with E-state index in [4.69, 9.17) is 9.47 Å². The second-order valence-corrected chi connectivity index (χ2v) is 8.59. The van der Waals surface area contributed by atoms with Gasteiger partial charge in [-0.2, -0.15) is 0 Å². The molecule has 0 saturated carbocycles. The number of aliphatic hydroxyl groups is 1. The Bertz CT molecular complexity index is 1550. The van der Waals surface area contributed by atoms with Crippen LogP contribution < -0.4 is 14.4 Å². The molecular formula is C30H23NO6. The van der Waals surface area contributed by atoms with Gasteiger partial charge in [0.25, 0.3) is 11.7 Å². The van der Waals surface area contributed by atoms with Gasteiger partial charge in [-0.3, -0.25) is 19.3 Å². The van der Waals surface area contributed by atoms with Crippen molar-refractivity contribution in [2.45, 2.75) is 13.0 Å². The Labute approximate surface area is 213 Å². The molecule has 1 atom stereocenters. The maximum Gasteiger partial charge on any atom is 0.308 e. The number of hydrogen-bond acceptors (Lipinski definition) is 6. The monoisotopic (exact) mass is 493 g/mol. The van der Waals surface area contributed by atoms with Gasteiger partial charge in [0.15, 0.2) is 0 Å². The normalized spacial score (nSPS) is 16.7. The highest BCUT2D eigenvalue weighted by atomic mass is 16.5. The average molecular weight is 494 g/mol. The van der Waals surface area contributed by atoms with E-state index in [1.807, 2.05) is 30.3 Å². The van der Waals surface area contributed by atoms with Crippen molar-refractivity contribution in [3.8, 4) is 11.5 Å². The van der Waals surface area contributed by atoms with Crippen molar-refractivity contribution < 1.29 is 29.0 Å². The van der Waals surface area contributed by atoms with Crippen molar-refractivity contribution in [1.82, 2.24) is 0 Å². The number of nitrogens with zero attached hydrogens (tertiary/aromatic N) is 1. The predicted octanol–water partition coefficient (Wildman–Crippen LogP) is 5.40. The molecular weight excluding hydrogens is 470 g/mol. The van der Waals surface area contributed by atoms with Gasteiger partial charge >= 0.3 is 5.97 Å². The van der Waals surface area contributed by atoms with E-state index in [2.05, 4.69) is 0 Å². The summed E-state index contributed by atoms with van der Waals surface area (Å²) in [5, 5.41) is 13.3. The van der Waals surface area contributed by atoms with Gasteiger partial charge in [0.2, 0.25) is 0 Å². The van der Waals surface area contributed by atoms with Crippen molar-refractivity contribution in [3.05, 3.63) is 108 Å². The molecule has 1 aliphatic rings. The third-order valence-electron chi connectivity index (χ3n) is 6.28. The summed E-state index contributed by atoms with van der Waals surface area (Å²) in [6.07, 6.45) is 0. The van der Waals surface area contributed by atoms with Crippen LogP contribution in [-0.4, -0.2) is 29.9 Å². The Kier molecular flexibility index (Phi) is 6.19. The smallest absolute Gasteiger partial charge is 0.308 e. The summed E-state index contributed by atoms with van der Waals surface area (Å²) >= 11 is 0. The quantitative estimate of drug-likeness (QED) is 0.132. The van der Waals surface area contributed by atoms with E-state index in [1.54, 1.807) is 60.7 Å². The van der Waals surface area contributed by atoms with Gasteiger partial charge in [-0.1, -0.05) is 48.5 Å². The van der Waals surface area contributed by atoms with Crippen LogP contribution in [0.15, 0.2) is 96.6 Å². The van der Waals surface area contributed by atoms with Gasteiger partial charge in [0, 0.05) is 18.2 Å². The molecule has 1 heterocycles. The third kappa shape index (κ3) is 4.43. The first kappa shape index (κ1) is 23.8. The zero-order valence-electron chi connectivity index (χ0n) is 20.2. The number of carbonyl (C=O) groups excluding carboxylic acids is 3. The van der Waals surface area contributed by atoms with Crippen LogP contribution in [0.1, 0.15) is 24.1 Å². The van der Waals surface area contributed by atoms with Gasteiger partial charge in [-0.05, 0) is 58.8 Å². The van der Waals surface area contributed by atoms with Crippen LogP contribution in [0.2, 0.25) is 0 Å². The van der Waals surface area contributed by atoms with Crippen LogP contribution in [0.25, 0.3) is 16.5 Å². The molecule has 7 heteroatoms. The van der Waals surface area contributed by atoms with Crippen LogP contribution in [0.3, 0.4) is 0 Å². The number of amides is 1. The van der Waals surface area contributed by atoms with Crippen LogP contribution in [0.5, 0.6) is 11.5 Å². The number of anilines is 1. The number of ether oxygens (including phenoxy) is 2. The second kappa shape index (κ2) is 9.62. The molecule has 1 unspecified atom stereocenters. The van der Waals surface area contributed by atoms with Gasteiger partial charge in [-0.25, -0.2) is 0 Å². The van der Waals surface area contributed by atoms with E-state index in [0.717, 1.165) is 10.8 Å². The number of methoxy groups -OCH3 is 1. The third-order valence-corrected chi connectivity index (χ3v) is 6.28. The van der Waals surface area contributed by atoms with E-state index in [1.165, 1.54) is 18.9 Å². The van der Waals surface area contributed by atoms with E-state index in [9.17, 15) is 19.5 Å². The maximum atomic E-state index is 13.4. The SMILES string of the molecule is COc1ccc(N2C(=O)C(=O)/C(=C(\O)c3ccc4ccccc4c3)C2c2ccc(OC(C)=O)cc2)cc1. The first-order chi connectivity index (χ1) is 17.9. The van der Waals surface area contributed by atoms with Crippen molar-refractivity contribution in [3.63, 3.8) is 0 Å². The average Bonchev–Trinajstić information content (AvgIpc) is 3.18. The van der Waals surface area contributed by atoms with Crippen LogP contribution in [0, 0.1) is 0 Å². The first-order valence-electron chi connectivity index (χ1n) is 11.6. The number of benzene rings is 4. The maximum absolute atomic E-state index is 13.4. The molecule has 0 aliphatic carbocycles. The minimum absolute atomic E-state index is 0.0312. The Morgan fingerprint density at radius 1 is 0.838 bits per heavy atom. The number of rotatable bonds is 5. The summed E-state index contributed by atoms with van der Waals surface area (Å²) in [6.45, 7) is 1.30. The van der Waals surface area contributed by atoms with Crippen molar-refractivity contribution >= 4 is 39.9 Å². The largest absolute Gasteiger partial charge is 0.507 e. The number of carbonyl (C=O) groups is 3. The lowest BCUT2D eigenvalue weighted by Crippen LogP contribution is -2.29. The lowest BCUT2D eigenvalue weighted by atomic mass is 9.94. The standard InChI is InChI=1S/C30H23NO6/c1-18(32)37-25-13-9-20(10-14-25)27-26(28(33)22-8-7-19-5-3-4-6-21(19)17-22)29(34)30(35)31(27)23-11-15-24(36-2)16-12-23/h3-17,27,33H,1-2H3/b28-26-. The Morgan fingerprint density at radius 2 is 1.49 bits per heavy atom. The molecule has 1 aliphatic heterocycles. The number of hydrogen-bond donors (Lipinski definition) is 1. The van der Waals surface area contributed by atoms with Crippen molar-refractivity contribution in [2.24, 2.45) is 0 Å². The molecule has 0 bridgehead atoms. The molecule has 4 aromatic carbocycles. The van der Waals surface area contributed by atoms with E-state index in [0.29, 0.717) is 28.3 Å². The molecule has 4 aromatic rings. The molecule has 184 valence electrons. The zero-order valence-corrected chi connectivity index (χ0v) is 20.2. The van der Waals surface area contributed by atoms with E-state index in [-0.39, 0.29) is 11.3 Å². The highest BCUT2D eigenvalue weighted by Crippen LogP contribution is 2.43. The molecule has 1 amide bonds. The molecule has 1 saturated heterocycles. The summed E-state index contributed by atoms with van der Waals surface area (Å²) < 4.78 is 10.4. The Balaban J connectivity index is 1.67. The first-order valence-corrected chi connectivity index (χ1v) is 11.6. The predicted molar refractivity (Wildman–Crippen MR) is 139 cm³/mol. The summed E-state index contributed by atoms with van der Waals surface area (Å²) in [7, 11) is 1.54. The molecule has 0 aromatic heterocycles. The number of Topliss-reactive ketones (excluding diaryl/α,β-unsaturated/α-hetero) is 1. The fraction of sp³-hybridized carbons (Fsp3) is 0.100. The molecule has 37 heavy (non-hydrogen) atoms. The molecule has 0 radical (unpaired) electrons. The fourth-order valence-corrected chi connectivity index (χ4v) is 4.53. The Morgan fingerprint density at radius 3 is 2.14 bits per heavy atom. The molecule has 0 spiro atoms. The second-order valence-electron chi connectivity index (χ2n) is 8.59. The van der Waals surface area contributed by atoms with Crippen LogP contribution >= 0.6 is 0 Å². The molecule has 7 nitrogen and oxygen atoms in total. The highest BCUT2D eigenvalue weighted by molar-refractivity contribution is 6.51. The fourth-order valence-electron chi connectivity index (χ4n) is 4.53. The summed E-state index contributed by atoms with van der Waals surface area (Å²) in [6, 6.07) is 25.4. The minimum Gasteiger partial charge on any atom is -0.507 e. The molecule has 5 rings (SSSR count). The Hall–Kier alpha value is -4.91. The molecule has 1 N–H and O–H groups in total. The summed E-state index contributed by atoms with van der Waals surface area (Å²) in [4.78, 5) is 39.4. The van der Waals surface area contributed by atoms with E-state index < -0.39 is 23.7 Å². The van der Waals surface area contributed by atoms with E-state index >= 15 is 0 Å². The topological polar surface area (TPSA) is 93.1 Å². The van der Waals surface area contributed by atoms with Gasteiger partial charge in [-0.15, -0.1) is 0 Å². The van der Waals surface area contributed by atoms with Crippen LogP contribution in [-0.2, 0) is 14.4 Å². The number of aliphatic hydroxyl groups excluding tert-OH is 1. The molecule has 1 fully saturated rings. The van der Waals surface area contributed by atoms with Crippen LogP contribution in [0.4, 0.5) is 5.69 Å². The minimum atomic E-state index is -0.911. The summed E-state index contributed by atoms with van der Waals surface area (Å²) in [5.74, 6) is -1.37. The lowest BCUT2D eigenvalue weighted by Gasteiger charge is -2.25. The van der Waals surface area contributed by atoms with Gasteiger partial charge < -0.3 is 14.6 Å². The summed E-state index contributed by atoms with van der Waals surface area (Å²) in [5.41, 5.74) is 1.42. The highest BCUT2D eigenvalue weighted by Gasteiger charge is 2.47. The number of esters is 1. The number of ketones is 1. The van der Waals surface area contributed by atoms with Crippen molar-refractivity contribution in [1.29, 1.82) is 0 Å². The van der Waals surface area contributed by atoms with Gasteiger partial charge in [0.1, 0.15) is 17.3 Å².